The summed E-state index contributed by atoms with van der Waals surface area (Å²) in [6.45, 7) is 8.83. The van der Waals surface area contributed by atoms with E-state index in [9.17, 15) is 9.59 Å². The third kappa shape index (κ3) is 4.95. The van der Waals surface area contributed by atoms with E-state index in [2.05, 4.69) is 48.9 Å². The third-order valence-corrected chi connectivity index (χ3v) is 6.65. The molecule has 33 heavy (non-hydrogen) atoms. The van der Waals surface area contributed by atoms with Crippen LogP contribution >= 0.6 is 0 Å². The number of Topliss-reactive ketones (excluding diaryl/α,β-unsaturated/α-hetero) is 1. The van der Waals surface area contributed by atoms with E-state index in [1.54, 1.807) is 11.9 Å². The molecule has 0 bridgehead atoms. The van der Waals surface area contributed by atoms with E-state index in [4.69, 9.17) is 0 Å². The van der Waals surface area contributed by atoms with Gasteiger partial charge in [-0.1, -0.05) is 57.2 Å². The van der Waals surface area contributed by atoms with E-state index in [1.165, 1.54) is 5.56 Å². The van der Waals surface area contributed by atoms with Gasteiger partial charge in [-0.15, -0.1) is 0 Å². The minimum absolute atomic E-state index is 0.162. The van der Waals surface area contributed by atoms with Crippen molar-refractivity contribution in [2.24, 2.45) is 11.3 Å². The number of ketones is 1. The van der Waals surface area contributed by atoms with Gasteiger partial charge in [-0.05, 0) is 43.2 Å². The van der Waals surface area contributed by atoms with Gasteiger partial charge < -0.3 is 9.88 Å². The molecular formula is C27H34N4O2. The second kappa shape index (κ2) is 9.00. The van der Waals surface area contributed by atoms with Gasteiger partial charge in [-0.25, -0.2) is 0 Å². The molecule has 1 amide bonds. The molecule has 0 radical (unpaired) electrons. The highest BCUT2D eigenvalue weighted by Gasteiger charge is 2.31. The van der Waals surface area contributed by atoms with Crippen molar-refractivity contribution in [3.05, 3.63) is 59.0 Å². The summed E-state index contributed by atoms with van der Waals surface area (Å²) in [4.78, 5) is 30.6. The zero-order chi connectivity index (χ0) is 23.8. The third-order valence-electron chi connectivity index (χ3n) is 6.65. The summed E-state index contributed by atoms with van der Waals surface area (Å²) in [6.07, 6.45) is 14.8. The molecule has 2 unspecified atom stereocenters. The molecule has 0 spiro atoms. The van der Waals surface area contributed by atoms with Crippen molar-refractivity contribution in [1.29, 1.82) is 0 Å². The van der Waals surface area contributed by atoms with Gasteiger partial charge in [0.2, 0.25) is 5.78 Å². The first-order valence-electron chi connectivity index (χ1n) is 11.7. The summed E-state index contributed by atoms with van der Waals surface area (Å²) in [6, 6.07) is 1.97. The van der Waals surface area contributed by atoms with E-state index in [0.29, 0.717) is 12.8 Å². The predicted octanol–water partition coefficient (Wildman–Crippen LogP) is 4.79. The summed E-state index contributed by atoms with van der Waals surface area (Å²) >= 11 is 0. The van der Waals surface area contributed by atoms with Gasteiger partial charge in [0.25, 0.3) is 5.91 Å². The van der Waals surface area contributed by atoms with Crippen molar-refractivity contribution < 1.29 is 9.59 Å². The first kappa shape index (κ1) is 23.0. The standard InChI is InChI=1S/C27H34N4O2/c1-17-21(13-14-27(2,3)4)24(30-29-17)23-15-19-11-12-20(16-22(19)28-23)31(5)26(33)25(32)18-9-7-6-8-10-18/h6-9,11-12,15,18,20,28H,10,13-14,16H2,1-5H3,(H,29,30). The quantitative estimate of drug-likeness (QED) is 0.626. The number of likely N-dealkylation sites (N-methyl/N-ethyl adjacent to an activating group) is 1. The molecule has 6 heteroatoms. The highest BCUT2D eigenvalue weighted by molar-refractivity contribution is 6.37. The Bertz CT molecular complexity index is 1140. The molecule has 0 aromatic carbocycles. The topological polar surface area (TPSA) is 81.8 Å². The summed E-state index contributed by atoms with van der Waals surface area (Å²) in [5.41, 5.74) is 6.73. The molecule has 2 atom stereocenters. The van der Waals surface area contributed by atoms with Crippen molar-refractivity contribution in [2.45, 2.75) is 59.4 Å². The van der Waals surface area contributed by atoms with Gasteiger partial charge in [0.15, 0.2) is 0 Å². The van der Waals surface area contributed by atoms with Crippen LogP contribution in [-0.4, -0.2) is 44.9 Å². The van der Waals surface area contributed by atoms with Crippen LogP contribution in [0.3, 0.4) is 0 Å². The fourth-order valence-corrected chi connectivity index (χ4v) is 4.46. The molecule has 4 rings (SSSR count). The maximum absolute atomic E-state index is 12.8. The molecule has 2 aliphatic rings. The van der Waals surface area contributed by atoms with Gasteiger partial charge >= 0.3 is 0 Å². The van der Waals surface area contributed by atoms with Gasteiger partial charge in [0.05, 0.1) is 11.7 Å². The number of aryl methyl sites for hydroxylation is 1. The smallest absolute Gasteiger partial charge is 0.290 e. The average molecular weight is 447 g/mol. The number of H-pyrrole nitrogens is 2. The number of aromatic amines is 2. The van der Waals surface area contributed by atoms with Crippen LogP contribution < -0.4 is 0 Å². The second-order valence-corrected chi connectivity index (χ2v) is 10.4. The lowest BCUT2D eigenvalue weighted by molar-refractivity contribution is -0.146. The summed E-state index contributed by atoms with van der Waals surface area (Å²) < 4.78 is 0. The summed E-state index contributed by atoms with van der Waals surface area (Å²) in [5.74, 6) is -1.14. The van der Waals surface area contributed by atoms with Crippen LogP contribution in [0.2, 0.25) is 0 Å². The number of rotatable bonds is 6. The predicted molar refractivity (Wildman–Crippen MR) is 132 cm³/mol. The maximum Gasteiger partial charge on any atom is 0.290 e. The lowest BCUT2D eigenvalue weighted by Crippen LogP contribution is -2.43. The number of allylic oxidation sites excluding steroid dienone is 4. The van der Waals surface area contributed by atoms with Crippen LogP contribution in [0.4, 0.5) is 0 Å². The van der Waals surface area contributed by atoms with Crippen LogP contribution in [0.25, 0.3) is 17.5 Å². The number of amides is 1. The summed E-state index contributed by atoms with van der Waals surface area (Å²) in [7, 11) is 1.72. The number of nitrogens with zero attached hydrogens (tertiary/aromatic N) is 2. The SMILES string of the molecule is Cc1[nH]nc(-c2cc3c([nH]2)CC(N(C)C(=O)C(=O)C2C=CC=CC2)C=C3)c1CCC(C)(C)C. The largest absolute Gasteiger partial charge is 0.356 e. The van der Waals surface area contributed by atoms with E-state index >= 15 is 0 Å². The first-order valence-corrected chi connectivity index (χ1v) is 11.7. The highest BCUT2D eigenvalue weighted by atomic mass is 16.2. The zero-order valence-corrected chi connectivity index (χ0v) is 20.2. The molecule has 2 N–H and O–H groups in total. The fraction of sp³-hybridized carbons (Fsp3) is 0.444. The number of fused-ring (bicyclic) bond motifs is 1. The Kier molecular flexibility index (Phi) is 6.28. The molecule has 2 aromatic heterocycles. The van der Waals surface area contributed by atoms with Crippen molar-refractivity contribution >= 4 is 17.8 Å². The molecule has 2 aromatic rings. The number of nitrogens with one attached hydrogen (secondary N) is 2. The monoisotopic (exact) mass is 446 g/mol. The molecule has 0 aliphatic heterocycles. The number of hydrogen-bond acceptors (Lipinski definition) is 3. The van der Waals surface area contributed by atoms with E-state index in [-0.39, 0.29) is 23.2 Å². The van der Waals surface area contributed by atoms with Gasteiger partial charge in [0, 0.05) is 36.3 Å². The molecule has 2 aliphatic carbocycles. The lowest BCUT2D eigenvalue weighted by Gasteiger charge is -2.28. The normalized spacial score (nSPS) is 19.5. The number of hydrogen-bond donors (Lipinski definition) is 2. The Labute approximate surface area is 195 Å². The van der Waals surface area contributed by atoms with Crippen LogP contribution in [0, 0.1) is 18.3 Å². The van der Waals surface area contributed by atoms with Crippen LogP contribution in [0.1, 0.15) is 56.1 Å². The minimum atomic E-state index is -0.433. The first-order chi connectivity index (χ1) is 15.6. The second-order valence-electron chi connectivity index (χ2n) is 10.4. The molecule has 0 fully saturated rings. The molecular weight excluding hydrogens is 412 g/mol. The number of carbonyl (C=O) groups is 2. The Morgan fingerprint density at radius 1 is 1.21 bits per heavy atom. The van der Waals surface area contributed by atoms with Gasteiger partial charge in [-0.2, -0.15) is 5.10 Å². The van der Waals surface area contributed by atoms with Crippen molar-refractivity contribution in [2.75, 3.05) is 7.05 Å². The fourth-order valence-electron chi connectivity index (χ4n) is 4.46. The van der Waals surface area contributed by atoms with Crippen molar-refractivity contribution in [1.82, 2.24) is 20.1 Å². The molecule has 0 saturated heterocycles. The van der Waals surface area contributed by atoms with Crippen molar-refractivity contribution in [3.63, 3.8) is 0 Å². The molecule has 2 heterocycles. The molecule has 6 nitrogen and oxygen atoms in total. The van der Waals surface area contributed by atoms with Crippen LogP contribution in [0.5, 0.6) is 0 Å². The van der Waals surface area contributed by atoms with E-state index < -0.39 is 5.91 Å². The number of aromatic nitrogens is 3. The van der Waals surface area contributed by atoms with Crippen LogP contribution in [-0.2, 0) is 22.4 Å². The molecule has 174 valence electrons. The Morgan fingerprint density at radius 2 is 2.00 bits per heavy atom. The minimum Gasteiger partial charge on any atom is -0.356 e. The highest BCUT2D eigenvalue weighted by Crippen LogP contribution is 2.32. The number of carbonyl (C=O) groups excluding carboxylic acids is 2. The van der Waals surface area contributed by atoms with Gasteiger partial charge in [-0.3, -0.25) is 14.7 Å². The Hall–Kier alpha value is -3.15. The Morgan fingerprint density at radius 3 is 2.70 bits per heavy atom. The van der Waals surface area contributed by atoms with E-state index in [1.807, 2.05) is 36.5 Å². The maximum atomic E-state index is 12.8. The van der Waals surface area contributed by atoms with Crippen molar-refractivity contribution in [3.8, 4) is 11.4 Å². The average Bonchev–Trinajstić information content (AvgIpc) is 3.38. The lowest BCUT2D eigenvalue weighted by atomic mass is 9.88. The van der Waals surface area contributed by atoms with Gasteiger partial charge in [0.1, 0.15) is 5.69 Å². The van der Waals surface area contributed by atoms with E-state index in [0.717, 1.165) is 41.2 Å². The van der Waals surface area contributed by atoms with Crippen LogP contribution in [0.15, 0.2) is 36.4 Å². The summed E-state index contributed by atoms with van der Waals surface area (Å²) in [5, 5.41) is 7.74. The molecule has 0 saturated carbocycles. The Balaban J connectivity index is 1.49. The zero-order valence-electron chi connectivity index (χ0n) is 20.2.